The smallest absolute Gasteiger partial charge is 0.262 e. The standard InChI is InChI=1S/C15H15N3O2/c1-20-14-9-17-7-5-11(14)15(19)18-8-6-10-12(16)3-2-4-13(10)18/h2-5,7,9H,6,8,16H2,1H3. The molecule has 2 aromatic rings. The van der Waals surface area contributed by atoms with Gasteiger partial charge in [0, 0.05) is 29.7 Å². The Bertz CT molecular complexity index is 670. The predicted octanol–water partition coefficient (Wildman–Crippen LogP) is 1.88. The number of nitrogens with zero attached hydrogens (tertiary/aromatic N) is 2. The quantitative estimate of drug-likeness (QED) is 0.845. The number of hydrogen-bond donors (Lipinski definition) is 1. The van der Waals surface area contributed by atoms with Gasteiger partial charge in [0.15, 0.2) is 0 Å². The van der Waals surface area contributed by atoms with E-state index in [0.29, 0.717) is 17.9 Å². The highest BCUT2D eigenvalue weighted by molar-refractivity contribution is 6.09. The molecule has 1 aromatic carbocycles. The third kappa shape index (κ3) is 1.87. The number of hydrogen-bond acceptors (Lipinski definition) is 4. The number of fused-ring (bicyclic) bond motifs is 1. The first-order chi connectivity index (χ1) is 9.72. The van der Waals surface area contributed by atoms with Crippen molar-refractivity contribution in [1.29, 1.82) is 0 Å². The second kappa shape index (κ2) is 4.85. The zero-order valence-corrected chi connectivity index (χ0v) is 11.2. The average Bonchev–Trinajstić information content (AvgIpc) is 2.92. The molecule has 102 valence electrons. The van der Waals surface area contributed by atoms with E-state index in [0.717, 1.165) is 23.4 Å². The van der Waals surface area contributed by atoms with E-state index in [-0.39, 0.29) is 5.91 Å². The van der Waals surface area contributed by atoms with Crippen LogP contribution in [0.2, 0.25) is 0 Å². The lowest BCUT2D eigenvalue weighted by molar-refractivity contribution is 0.0986. The van der Waals surface area contributed by atoms with Crippen molar-refractivity contribution < 1.29 is 9.53 Å². The van der Waals surface area contributed by atoms with Gasteiger partial charge >= 0.3 is 0 Å². The highest BCUT2D eigenvalue weighted by Gasteiger charge is 2.28. The van der Waals surface area contributed by atoms with Gasteiger partial charge in [-0.2, -0.15) is 0 Å². The molecule has 0 aliphatic carbocycles. The van der Waals surface area contributed by atoms with Crippen LogP contribution in [-0.4, -0.2) is 24.5 Å². The third-order valence-electron chi connectivity index (χ3n) is 3.54. The molecule has 0 atom stereocenters. The molecule has 3 rings (SSSR count). The van der Waals surface area contributed by atoms with E-state index in [1.807, 2.05) is 18.2 Å². The SMILES string of the molecule is COc1cnccc1C(=O)N1CCc2c(N)cccc21. The third-order valence-corrected chi connectivity index (χ3v) is 3.54. The zero-order chi connectivity index (χ0) is 14.1. The van der Waals surface area contributed by atoms with E-state index in [9.17, 15) is 4.79 Å². The number of anilines is 2. The van der Waals surface area contributed by atoms with Gasteiger partial charge in [-0.15, -0.1) is 0 Å². The summed E-state index contributed by atoms with van der Waals surface area (Å²) in [6.45, 7) is 0.633. The number of rotatable bonds is 2. The summed E-state index contributed by atoms with van der Waals surface area (Å²) in [7, 11) is 1.53. The number of nitrogen functional groups attached to an aromatic ring is 1. The van der Waals surface area contributed by atoms with E-state index >= 15 is 0 Å². The Morgan fingerprint density at radius 3 is 3.05 bits per heavy atom. The van der Waals surface area contributed by atoms with Gasteiger partial charge in [0.05, 0.1) is 18.9 Å². The summed E-state index contributed by atoms with van der Waals surface area (Å²) in [5.41, 5.74) is 9.12. The Labute approximate surface area is 117 Å². The van der Waals surface area contributed by atoms with Crippen LogP contribution >= 0.6 is 0 Å². The normalized spacial score (nSPS) is 13.2. The summed E-state index contributed by atoms with van der Waals surface area (Å²) >= 11 is 0. The number of nitrogens with two attached hydrogens (primary N) is 1. The minimum absolute atomic E-state index is 0.0893. The number of amides is 1. The molecule has 1 aromatic heterocycles. The maximum absolute atomic E-state index is 12.7. The van der Waals surface area contributed by atoms with Gasteiger partial charge in [-0.3, -0.25) is 9.78 Å². The van der Waals surface area contributed by atoms with Gasteiger partial charge in [-0.25, -0.2) is 0 Å². The monoisotopic (exact) mass is 269 g/mol. The highest BCUT2D eigenvalue weighted by Crippen LogP contribution is 2.34. The van der Waals surface area contributed by atoms with Crippen molar-refractivity contribution in [2.24, 2.45) is 0 Å². The minimum atomic E-state index is -0.0893. The molecule has 2 heterocycles. The molecule has 0 fully saturated rings. The van der Waals surface area contributed by atoms with Crippen molar-refractivity contribution >= 4 is 17.3 Å². The first-order valence-corrected chi connectivity index (χ1v) is 6.39. The first-order valence-electron chi connectivity index (χ1n) is 6.39. The Hall–Kier alpha value is -2.56. The number of benzene rings is 1. The molecule has 0 unspecified atom stereocenters. The van der Waals surface area contributed by atoms with E-state index in [2.05, 4.69) is 4.98 Å². The van der Waals surface area contributed by atoms with Crippen LogP contribution in [0.3, 0.4) is 0 Å². The highest BCUT2D eigenvalue weighted by atomic mass is 16.5. The number of carbonyl (C=O) groups is 1. The number of ether oxygens (including phenoxy) is 1. The first kappa shape index (κ1) is 12.5. The van der Waals surface area contributed by atoms with Gasteiger partial charge in [0.25, 0.3) is 5.91 Å². The van der Waals surface area contributed by atoms with Crippen LogP contribution in [-0.2, 0) is 6.42 Å². The zero-order valence-electron chi connectivity index (χ0n) is 11.2. The summed E-state index contributed by atoms with van der Waals surface area (Å²) < 4.78 is 5.20. The Morgan fingerprint density at radius 1 is 1.40 bits per heavy atom. The van der Waals surface area contributed by atoms with Gasteiger partial charge in [-0.05, 0) is 24.6 Å². The topological polar surface area (TPSA) is 68.5 Å². The summed E-state index contributed by atoms with van der Waals surface area (Å²) in [5, 5.41) is 0. The molecule has 0 radical (unpaired) electrons. The van der Waals surface area contributed by atoms with Crippen molar-refractivity contribution in [3.8, 4) is 5.75 Å². The van der Waals surface area contributed by atoms with Crippen LogP contribution in [0.15, 0.2) is 36.7 Å². The number of pyridine rings is 1. The van der Waals surface area contributed by atoms with E-state index in [1.165, 1.54) is 7.11 Å². The molecule has 20 heavy (non-hydrogen) atoms. The lowest BCUT2D eigenvalue weighted by atomic mass is 10.1. The molecule has 1 amide bonds. The summed E-state index contributed by atoms with van der Waals surface area (Å²) in [4.78, 5) is 18.4. The second-order valence-electron chi connectivity index (χ2n) is 4.63. The Morgan fingerprint density at radius 2 is 2.25 bits per heavy atom. The molecule has 2 N–H and O–H groups in total. The maximum atomic E-state index is 12.7. The van der Waals surface area contributed by atoms with Crippen molar-refractivity contribution in [3.05, 3.63) is 47.8 Å². The van der Waals surface area contributed by atoms with Gasteiger partial charge in [0.1, 0.15) is 5.75 Å². The van der Waals surface area contributed by atoms with Crippen molar-refractivity contribution in [3.63, 3.8) is 0 Å². The van der Waals surface area contributed by atoms with Crippen molar-refractivity contribution in [1.82, 2.24) is 4.98 Å². The largest absolute Gasteiger partial charge is 0.494 e. The summed E-state index contributed by atoms with van der Waals surface area (Å²) in [6.07, 6.45) is 3.91. The lowest BCUT2D eigenvalue weighted by Gasteiger charge is -2.18. The van der Waals surface area contributed by atoms with Gasteiger partial charge in [0.2, 0.25) is 0 Å². The number of aromatic nitrogens is 1. The van der Waals surface area contributed by atoms with E-state index in [4.69, 9.17) is 10.5 Å². The molecule has 0 saturated carbocycles. The fourth-order valence-corrected chi connectivity index (χ4v) is 2.54. The number of carbonyl (C=O) groups excluding carboxylic acids is 1. The van der Waals surface area contributed by atoms with Gasteiger partial charge < -0.3 is 15.4 Å². The summed E-state index contributed by atoms with van der Waals surface area (Å²) in [6, 6.07) is 7.32. The maximum Gasteiger partial charge on any atom is 0.262 e. The summed E-state index contributed by atoms with van der Waals surface area (Å²) in [5.74, 6) is 0.392. The fourth-order valence-electron chi connectivity index (χ4n) is 2.54. The molecule has 5 nitrogen and oxygen atoms in total. The molecule has 0 saturated heterocycles. The molecule has 0 bridgehead atoms. The lowest BCUT2D eigenvalue weighted by Crippen LogP contribution is -2.29. The molecule has 0 spiro atoms. The Kier molecular flexibility index (Phi) is 3.02. The van der Waals surface area contributed by atoms with Gasteiger partial charge in [-0.1, -0.05) is 6.07 Å². The minimum Gasteiger partial charge on any atom is -0.494 e. The van der Waals surface area contributed by atoms with Crippen LogP contribution in [0.4, 0.5) is 11.4 Å². The average molecular weight is 269 g/mol. The molecule has 1 aliphatic rings. The second-order valence-corrected chi connectivity index (χ2v) is 4.63. The van der Waals surface area contributed by atoms with E-state index < -0.39 is 0 Å². The molecular weight excluding hydrogens is 254 g/mol. The Balaban J connectivity index is 2.00. The van der Waals surface area contributed by atoms with Crippen molar-refractivity contribution in [2.75, 3.05) is 24.3 Å². The molecule has 1 aliphatic heterocycles. The van der Waals surface area contributed by atoms with Crippen LogP contribution in [0, 0.1) is 0 Å². The predicted molar refractivity (Wildman–Crippen MR) is 77.0 cm³/mol. The van der Waals surface area contributed by atoms with E-state index in [1.54, 1.807) is 23.4 Å². The van der Waals surface area contributed by atoms with Crippen LogP contribution in [0.1, 0.15) is 15.9 Å². The molecule has 5 heteroatoms. The van der Waals surface area contributed by atoms with Crippen LogP contribution < -0.4 is 15.4 Å². The van der Waals surface area contributed by atoms with Crippen LogP contribution in [0.25, 0.3) is 0 Å². The molecular formula is C15H15N3O2. The van der Waals surface area contributed by atoms with Crippen LogP contribution in [0.5, 0.6) is 5.75 Å². The van der Waals surface area contributed by atoms with Crippen molar-refractivity contribution in [2.45, 2.75) is 6.42 Å². The number of methoxy groups -OCH3 is 1. The fraction of sp³-hybridized carbons (Fsp3) is 0.200.